The van der Waals surface area contributed by atoms with Gasteiger partial charge in [-0.05, 0) is 38.9 Å². The Morgan fingerprint density at radius 2 is 2.14 bits per heavy atom. The Morgan fingerprint density at radius 3 is 2.76 bits per heavy atom. The third-order valence-corrected chi connectivity index (χ3v) is 5.02. The Balaban J connectivity index is 2.01. The molecule has 1 aliphatic rings. The number of carbonyl (C=O) groups excluding carboxylic acids is 1. The molecule has 0 radical (unpaired) electrons. The summed E-state index contributed by atoms with van der Waals surface area (Å²) in [5.74, 6) is 0.597. The summed E-state index contributed by atoms with van der Waals surface area (Å²) in [6.45, 7) is 5.24. The van der Waals surface area contributed by atoms with Crippen molar-refractivity contribution in [1.29, 1.82) is 0 Å². The number of amides is 1. The average Bonchev–Trinajstić information content (AvgIpc) is 2.87. The maximum Gasteiger partial charge on any atom is 0.265 e. The van der Waals surface area contributed by atoms with E-state index in [-0.39, 0.29) is 11.3 Å². The van der Waals surface area contributed by atoms with Crippen LogP contribution in [0.3, 0.4) is 0 Å². The quantitative estimate of drug-likeness (QED) is 0.841. The Bertz CT molecular complexity index is 476. The van der Waals surface area contributed by atoms with Gasteiger partial charge < -0.3 is 20.1 Å². The molecule has 0 unspecified atom stereocenters. The summed E-state index contributed by atoms with van der Waals surface area (Å²) < 4.78 is 10.6. The maximum atomic E-state index is 12.4. The highest BCUT2D eigenvalue weighted by atomic mass is 32.1. The van der Waals surface area contributed by atoms with E-state index in [2.05, 4.69) is 10.6 Å². The van der Waals surface area contributed by atoms with Crippen LogP contribution < -0.4 is 15.4 Å². The van der Waals surface area contributed by atoms with Crippen LogP contribution in [0.1, 0.15) is 27.4 Å². The number of thiophene rings is 1. The van der Waals surface area contributed by atoms with Crippen LogP contribution in [0.15, 0.2) is 6.07 Å². The van der Waals surface area contributed by atoms with Gasteiger partial charge in [0.2, 0.25) is 0 Å². The van der Waals surface area contributed by atoms with Crippen LogP contribution in [0.4, 0.5) is 0 Å². The van der Waals surface area contributed by atoms with Gasteiger partial charge in [0.25, 0.3) is 5.91 Å². The van der Waals surface area contributed by atoms with Gasteiger partial charge in [-0.15, -0.1) is 11.3 Å². The molecule has 2 heterocycles. The maximum absolute atomic E-state index is 12.4. The highest BCUT2D eigenvalue weighted by molar-refractivity contribution is 7.14. The zero-order valence-corrected chi connectivity index (χ0v) is 13.8. The Morgan fingerprint density at radius 1 is 1.43 bits per heavy atom. The number of rotatable bonds is 6. The summed E-state index contributed by atoms with van der Waals surface area (Å²) in [6, 6.07) is 1.90. The van der Waals surface area contributed by atoms with Gasteiger partial charge in [0.05, 0.1) is 13.7 Å². The number of aryl methyl sites for hydroxylation is 1. The van der Waals surface area contributed by atoms with Crippen molar-refractivity contribution in [2.75, 3.05) is 40.5 Å². The lowest BCUT2D eigenvalue weighted by Gasteiger charge is -2.37. The van der Waals surface area contributed by atoms with Crippen molar-refractivity contribution < 1.29 is 14.3 Å². The fourth-order valence-corrected chi connectivity index (χ4v) is 3.68. The molecular formula is C15H24N2O3S. The van der Waals surface area contributed by atoms with E-state index in [4.69, 9.17) is 9.47 Å². The lowest BCUT2D eigenvalue weighted by atomic mass is 9.79. The van der Waals surface area contributed by atoms with Crippen molar-refractivity contribution >= 4 is 17.2 Å². The molecule has 2 rings (SSSR count). The van der Waals surface area contributed by atoms with Crippen molar-refractivity contribution in [3.63, 3.8) is 0 Å². The number of methoxy groups -OCH3 is 2. The molecule has 21 heavy (non-hydrogen) atoms. The van der Waals surface area contributed by atoms with Gasteiger partial charge in [0.1, 0.15) is 10.6 Å². The van der Waals surface area contributed by atoms with E-state index < -0.39 is 0 Å². The van der Waals surface area contributed by atoms with Gasteiger partial charge in [-0.1, -0.05) is 0 Å². The van der Waals surface area contributed by atoms with E-state index in [0.29, 0.717) is 23.8 Å². The third-order valence-electron chi connectivity index (χ3n) is 3.99. The van der Waals surface area contributed by atoms with E-state index in [1.165, 1.54) is 11.3 Å². The number of ether oxygens (including phenoxy) is 2. The van der Waals surface area contributed by atoms with E-state index >= 15 is 0 Å². The molecule has 1 fully saturated rings. The van der Waals surface area contributed by atoms with Crippen molar-refractivity contribution in [3.8, 4) is 5.75 Å². The molecule has 0 aliphatic carbocycles. The third kappa shape index (κ3) is 3.96. The van der Waals surface area contributed by atoms with Crippen molar-refractivity contribution in [3.05, 3.63) is 15.8 Å². The summed E-state index contributed by atoms with van der Waals surface area (Å²) in [5.41, 5.74) is 0.0369. The Hall–Kier alpha value is -1.11. The topological polar surface area (TPSA) is 59.6 Å². The summed E-state index contributed by atoms with van der Waals surface area (Å²) in [5, 5.41) is 6.42. The summed E-state index contributed by atoms with van der Waals surface area (Å²) >= 11 is 1.47. The summed E-state index contributed by atoms with van der Waals surface area (Å²) in [6.07, 6.45) is 2.03. The largest absolute Gasteiger partial charge is 0.495 e. The summed E-state index contributed by atoms with van der Waals surface area (Å²) in [7, 11) is 3.31. The fourth-order valence-electron chi connectivity index (χ4n) is 2.78. The van der Waals surface area contributed by atoms with Crippen LogP contribution in [0.5, 0.6) is 5.75 Å². The predicted octanol–water partition coefficient (Wildman–Crippen LogP) is 1.81. The zero-order chi connectivity index (χ0) is 15.3. The second-order valence-electron chi connectivity index (χ2n) is 5.62. The van der Waals surface area contributed by atoms with Crippen molar-refractivity contribution in [2.45, 2.75) is 19.8 Å². The van der Waals surface area contributed by atoms with E-state index in [9.17, 15) is 4.79 Å². The minimum absolute atomic E-state index is 0.0369. The number of carbonyl (C=O) groups is 1. The molecule has 2 N–H and O–H groups in total. The lowest BCUT2D eigenvalue weighted by molar-refractivity contribution is 0.0512. The number of piperidine rings is 1. The van der Waals surface area contributed by atoms with Crippen LogP contribution in [-0.4, -0.2) is 46.4 Å². The molecule has 1 aromatic rings. The van der Waals surface area contributed by atoms with Crippen LogP contribution in [-0.2, 0) is 4.74 Å². The summed E-state index contributed by atoms with van der Waals surface area (Å²) in [4.78, 5) is 14.1. The lowest BCUT2D eigenvalue weighted by Crippen LogP contribution is -2.47. The molecule has 0 spiro atoms. The van der Waals surface area contributed by atoms with Gasteiger partial charge in [-0.3, -0.25) is 4.79 Å². The first-order valence-corrected chi connectivity index (χ1v) is 8.04. The van der Waals surface area contributed by atoms with Gasteiger partial charge in [0.15, 0.2) is 0 Å². The second-order valence-corrected chi connectivity index (χ2v) is 6.88. The van der Waals surface area contributed by atoms with Crippen molar-refractivity contribution in [1.82, 2.24) is 10.6 Å². The molecule has 118 valence electrons. The van der Waals surface area contributed by atoms with Gasteiger partial charge in [-0.25, -0.2) is 0 Å². The van der Waals surface area contributed by atoms with Crippen LogP contribution in [0, 0.1) is 12.3 Å². The number of hydrogen-bond donors (Lipinski definition) is 2. The van der Waals surface area contributed by atoms with E-state index in [0.717, 1.165) is 30.8 Å². The van der Waals surface area contributed by atoms with Gasteiger partial charge in [0, 0.05) is 23.9 Å². The minimum Gasteiger partial charge on any atom is -0.495 e. The molecule has 5 nitrogen and oxygen atoms in total. The second kappa shape index (κ2) is 7.24. The first-order valence-electron chi connectivity index (χ1n) is 7.22. The van der Waals surface area contributed by atoms with Crippen LogP contribution in [0.25, 0.3) is 0 Å². The molecule has 0 aromatic carbocycles. The molecule has 1 aliphatic heterocycles. The van der Waals surface area contributed by atoms with Gasteiger partial charge in [-0.2, -0.15) is 0 Å². The fraction of sp³-hybridized carbons (Fsp3) is 0.667. The molecule has 0 saturated carbocycles. The SMILES string of the molecule is COCC1(CNC(=O)c2sc(C)cc2OC)CCNCC1. The van der Waals surface area contributed by atoms with Gasteiger partial charge >= 0.3 is 0 Å². The van der Waals surface area contributed by atoms with Crippen LogP contribution in [0.2, 0.25) is 0 Å². The highest BCUT2D eigenvalue weighted by Crippen LogP contribution is 2.30. The molecule has 0 atom stereocenters. The Kier molecular flexibility index (Phi) is 5.61. The van der Waals surface area contributed by atoms with E-state index in [1.54, 1.807) is 14.2 Å². The smallest absolute Gasteiger partial charge is 0.265 e. The molecule has 1 aromatic heterocycles. The molecule has 1 amide bonds. The zero-order valence-electron chi connectivity index (χ0n) is 13.0. The average molecular weight is 312 g/mol. The molecule has 0 bridgehead atoms. The molecular weight excluding hydrogens is 288 g/mol. The molecule has 6 heteroatoms. The minimum atomic E-state index is -0.0565. The number of nitrogens with one attached hydrogen (secondary N) is 2. The number of hydrogen-bond acceptors (Lipinski definition) is 5. The normalized spacial score (nSPS) is 17.5. The molecule has 1 saturated heterocycles. The monoisotopic (exact) mass is 312 g/mol. The predicted molar refractivity (Wildman–Crippen MR) is 84.4 cm³/mol. The van der Waals surface area contributed by atoms with Crippen LogP contribution >= 0.6 is 11.3 Å². The van der Waals surface area contributed by atoms with E-state index in [1.807, 2.05) is 13.0 Å². The first kappa shape index (κ1) is 16.3. The highest BCUT2D eigenvalue weighted by Gasteiger charge is 2.33. The first-order chi connectivity index (χ1) is 10.1. The Labute approximate surface area is 130 Å². The van der Waals surface area contributed by atoms with Crippen molar-refractivity contribution in [2.24, 2.45) is 5.41 Å². The standard InChI is InChI=1S/C15H24N2O3S/c1-11-8-12(20-3)13(21-11)14(18)17-9-15(10-19-2)4-6-16-7-5-15/h8,16H,4-7,9-10H2,1-3H3,(H,17,18).